The summed E-state index contributed by atoms with van der Waals surface area (Å²) in [6, 6.07) is 8.60. The first-order valence-electron chi connectivity index (χ1n) is 9.34. The fourth-order valence-corrected chi connectivity index (χ4v) is 4.80. The number of nitrogens with zero attached hydrogens (tertiary/aromatic N) is 2. The highest BCUT2D eigenvalue weighted by Gasteiger charge is 2.43. The molecule has 2 heterocycles. The summed E-state index contributed by atoms with van der Waals surface area (Å²) in [5, 5.41) is 8.10. The molecule has 1 atom stereocenters. The third kappa shape index (κ3) is 4.56. The van der Waals surface area contributed by atoms with Crippen LogP contribution in [-0.2, 0) is 6.54 Å². The Morgan fingerprint density at radius 1 is 1.33 bits per heavy atom. The molecule has 1 aliphatic carbocycles. The van der Waals surface area contributed by atoms with Gasteiger partial charge in [-0.15, -0.1) is 35.3 Å². The SMILES string of the molecule is CN=C(NCc1ncc(C)s1)NC1CC2(CCCC2)Oc2ccccc21.I. The van der Waals surface area contributed by atoms with E-state index < -0.39 is 0 Å². The van der Waals surface area contributed by atoms with E-state index in [-0.39, 0.29) is 35.6 Å². The maximum Gasteiger partial charge on any atom is 0.191 e. The van der Waals surface area contributed by atoms with E-state index in [4.69, 9.17) is 4.74 Å². The number of aromatic nitrogens is 1. The lowest BCUT2D eigenvalue weighted by atomic mass is 9.86. The van der Waals surface area contributed by atoms with Crippen molar-refractivity contribution in [2.24, 2.45) is 4.99 Å². The molecule has 1 fully saturated rings. The van der Waals surface area contributed by atoms with Gasteiger partial charge in [0.2, 0.25) is 0 Å². The van der Waals surface area contributed by atoms with Crippen LogP contribution in [0.4, 0.5) is 0 Å². The number of nitrogens with one attached hydrogen (secondary N) is 2. The third-order valence-electron chi connectivity index (χ3n) is 5.32. The van der Waals surface area contributed by atoms with Gasteiger partial charge in [-0.2, -0.15) is 0 Å². The summed E-state index contributed by atoms with van der Waals surface area (Å²) in [5.74, 6) is 1.83. The van der Waals surface area contributed by atoms with Crippen LogP contribution in [0.3, 0.4) is 0 Å². The molecule has 2 aromatic rings. The Balaban J connectivity index is 0.00000210. The molecule has 0 amide bonds. The number of halogens is 1. The van der Waals surface area contributed by atoms with Crippen LogP contribution in [0.15, 0.2) is 35.5 Å². The predicted molar refractivity (Wildman–Crippen MR) is 121 cm³/mol. The zero-order chi connectivity index (χ0) is 18.0. The highest BCUT2D eigenvalue weighted by atomic mass is 127. The number of ether oxygens (including phenoxy) is 1. The molecule has 146 valence electrons. The van der Waals surface area contributed by atoms with Crippen LogP contribution in [0.2, 0.25) is 0 Å². The van der Waals surface area contributed by atoms with Gasteiger partial charge in [0.15, 0.2) is 5.96 Å². The summed E-state index contributed by atoms with van der Waals surface area (Å²) in [5.41, 5.74) is 1.20. The topological polar surface area (TPSA) is 58.5 Å². The molecule has 0 saturated heterocycles. The fourth-order valence-electron chi connectivity index (χ4n) is 4.07. The number of fused-ring (bicyclic) bond motifs is 1. The number of thiazole rings is 1. The predicted octanol–water partition coefficient (Wildman–Crippen LogP) is 4.57. The number of guanidine groups is 1. The summed E-state index contributed by atoms with van der Waals surface area (Å²) >= 11 is 1.71. The monoisotopic (exact) mass is 498 g/mol. The Bertz CT molecular complexity index is 801. The van der Waals surface area contributed by atoms with E-state index in [1.165, 1.54) is 23.3 Å². The highest BCUT2D eigenvalue weighted by molar-refractivity contribution is 14.0. The standard InChI is InChI=1S/C20H26N4OS.HI/c1-14-12-22-18(26-14)13-23-19(21-2)24-16-11-20(9-5-6-10-20)25-17-8-4-3-7-15(16)17;/h3-4,7-8,12,16H,5-6,9-11,13H2,1-2H3,(H2,21,23,24);1H. The fraction of sp³-hybridized carbons (Fsp3) is 0.500. The molecule has 1 aromatic carbocycles. The van der Waals surface area contributed by atoms with Gasteiger partial charge in [0.05, 0.1) is 12.6 Å². The van der Waals surface area contributed by atoms with Gasteiger partial charge in [-0.1, -0.05) is 18.2 Å². The van der Waals surface area contributed by atoms with E-state index in [2.05, 4.69) is 51.8 Å². The van der Waals surface area contributed by atoms with Gasteiger partial charge in [0.25, 0.3) is 0 Å². The molecule has 1 aliphatic heterocycles. The second-order valence-electron chi connectivity index (χ2n) is 7.22. The summed E-state index contributed by atoms with van der Waals surface area (Å²) in [4.78, 5) is 10.1. The summed E-state index contributed by atoms with van der Waals surface area (Å²) in [6.07, 6.45) is 7.70. The minimum atomic E-state index is -0.0166. The Morgan fingerprint density at radius 2 is 2.11 bits per heavy atom. The normalized spacial score (nSPS) is 20.5. The van der Waals surface area contributed by atoms with E-state index in [9.17, 15) is 0 Å². The number of benzene rings is 1. The Morgan fingerprint density at radius 3 is 2.81 bits per heavy atom. The second kappa shape index (κ2) is 8.77. The van der Waals surface area contributed by atoms with Crippen molar-refractivity contribution in [3.8, 4) is 5.75 Å². The molecule has 5 nitrogen and oxygen atoms in total. The first-order valence-corrected chi connectivity index (χ1v) is 10.2. The smallest absolute Gasteiger partial charge is 0.191 e. The largest absolute Gasteiger partial charge is 0.487 e. The van der Waals surface area contributed by atoms with Crippen molar-refractivity contribution in [1.29, 1.82) is 0 Å². The minimum Gasteiger partial charge on any atom is -0.487 e. The van der Waals surface area contributed by atoms with Gasteiger partial charge < -0.3 is 15.4 Å². The molecule has 4 rings (SSSR count). The van der Waals surface area contributed by atoms with E-state index in [0.717, 1.165) is 36.0 Å². The number of hydrogen-bond donors (Lipinski definition) is 2. The summed E-state index contributed by atoms with van der Waals surface area (Å²) < 4.78 is 6.45. The quantitative estimate of drug-likeness (QED) is 0.370. The van der Waals surface area contributed by atoms with Crippen LogP contribution in [0.5, 0.6) is 5.75 Å². The van der Waals surface area contributed by atoms with Crippen LogP contribution in [0, 0.1) is 6.92 Å². The molecule has 2 aliphatic rings. The molecule has 1 aromatic heterocycles. The molecule has 2 N–H and O–H groups in total. The summed E-state index contributed by atoms with van der Waals surface area (Å²) in [7, 11) is 1.82. The van der Waals surface area contributed by atoms with E-state index in [1.807, 2.05) is 13.2 Å². The Hall–Kier alpha value is -1.35. The van der Waals surface area contributed by atoms with Gasteiger partial charge in [-0.3, -0.25) is 4.99 Å². The van der Waals surface area contributed by atoms with Gasteiger partial charge in [0.1, 0.15) is 16.4 Å². The van der Waals surface area contributed by atoms with Crippen molar-refractivity contribution in [3.63, 3.8) is 0 Å². The second-order valence-corrected chi connectivity index (χ2v) is 8.54. The highest BCUT2D eigenvalue weighted by Crippen LogP contribution is 2.46. The Kier molecular flexibility index (Phi) is 6.62. The van der Waals surface area contributed by atoms with Gasteiger partial charge >= 0.3 is 0 Å². The maximum atomic E-state index is 6.45. The lowest BCUT2D eigenvalue weighted by Crippen LogP contribution is -2.46. The summed E-state index contributed by atoms with van der Waals surface area (Å²) in [6.45, 7) is 2.77. The van der Waals surface area contributed by atoms with Crippen molar-refractivity contribution in [2.75, 3.05) is 7.05 Å². The molecule has 0 radical (unpaired) electrons. The molecular weight excluding hydrogens is 471 g/mol. The molecule has 27 heavy (non-hydrogen) atoms. The minimum absolute atomic E-state index is 0. The van der Waals surface area contributed by atoms with Crippen LogP contribution in [0.1, 0.15) is 53.6 Å². The van der Waals surface area contributed by atoms with Gasteiger partial charge in [-0.25, -0.2) is 4.98 Å². The van der Waals surface area contributed by atoms with Crippen LogP contribution in [-0.4, -0.2) is 23.6 Å². The number of para-hydroxylation sites is 1. The zero-order valence-electron chi connectivity index (χ0n) is 15.8. The maximum absolute atomic E-state index is 6.45. The van der Waals surface area contributed by atoms with E-state index in [1.54, 1.807) is 11.3 Å². The number of aryl methyl sites for hydroxylation is 1. The number of aliphatic imine (C=N–C) groups is 1. The van der Waals surface area contributed by atoms with Crippen LogP contribution in [0.25, 0.3) is 0 Å². The molecule has 1 saturated carbocycles. The first-order chi connectivity index (χ1) is 12.7. The average molecular weight is 498 g/mol. The number of hydrogen-bond acceptors (Lipinski definition) is 4. The third-order valence-corrected chi connectivity index (χ3v) is 6.24. The molecule has 7 heteroatoms. The molecule has 1 unspecified atom stereocenters. The molecule has 0 bridgehead atoms. The average Bonchev–Trinajstić information content (AvgIpc) is 3.27. The van der Waals surface area contributed by atoms with Crippen LogP contribution < -0.4 is 15.4 Å². The van der Waals surface area contributed by atoms with Crippen molar-refractivity contribution in [3.05, 3.63) is 45.9 Å². The zero-order valence-corrected chi connectivity index (χ0v) is 19.0. The Labute approximate surface area is 182 Å². The van der Waals surface area contributed by atoms with E-state index >= 15 is 0 Å². The van der Waals surface area contributed by atoms with Gasteiger partial charge in [0, 0.05) is 30.1 Å². The van der Waals surface area contributed by atoms with Gasteiger partial charge in [-0.05, 0) is 38.7 Å². The number of rotatable bonds is 3. The van der Waals surface area contributed by atoms with Crippen molar-refractivity contribution in [2.45, 2.75) is 57.2 Å². The lowest BCUT2D eigenvalue weighted by molar-refractivity contribution is 0.0396. The van der Waals surface area contributed by atoms with Crippen molar-refractivity contribution >= 4 is 41.3 Å². The molecular formula is C20H27IN4OS. The molecule has 1 spiro atoms. The lowest BCUT2D eigenvalue weighted by Gasteiger charge is -2.40. The van der Waals surface area contributed by atoms with Crippen LogP contribution >= 0.6 is 35.3 Å². The van der Waals surface area contributed by atoms with Crippen molar-refractivity contribution < 1.29 is 4.74 Å². The first kappa shape index (κ1) is 20.4. The van der Waals surface area contributed by atoms with Crippen molar-refractivity contribution in [1.82, 2.24) is 15.6 Å². The van der Waals surface area contributed by atoms with E-state index in [0.29, 0.717) is 6.54 Å².